The second-order valence-electron chi connectivity index (χ2n) is 10.8. The molecular formula is C34H30N4O5S3. The van der Waals surface area contributed by atoms with Crippen LogP contribution < -0.4 is 10.6 Å². The van der Waals surface area contributed by atoms with Gasteiger partial charge in [0, 0.05) is 23.8 Å². The molecule has 3 heterocycles. The quantitative estimate of drug-likeness (QED) is 0.147. The molecule has 3 aromatic carbocycles. The van der Waals surface area contributed by atoms with Gasteiger partial charge in [0.15, 0.2) is 10.2 Å². The molecule has 0 bridgehead atoms. The number of aliphatic carboxylic acids is 1. The molecule has 2 aliphatic rings. The van der Waals surface area contributed by atoms with E-state index in [1.807, 2.05) is 60.0 Å². The summed E-state index contributed by atoms with van der Waals surface area (Å²) in [5.41, 5.74) is 3.28. The average molecular weight is 671 g/mol. The Kier molecular flexibility index (Phi) is 9.29. The van der Waals surface area contributed by atoms with E-state index < -0.39 is 28.8 Å². The summed E-state index contributed by atoms with van der Waals surface area (Å²) in [4.78, 5) is 55.6. The minimum Gasteiger partial charge on any atom is -0.477 e. The first-order valence-electron chi connectivity index (χ1n) is 14.5. The number of amides is 2. The second-order valence-corrected chi connectivity index (χ2v) is 13.9. The van der Waals surface area contributed by atoms with Crippen molar-refractivity contribution in [2.45, 2.75) is 30.3 Å². The van der Waals surface area contributed by atoms with Crippen LogP contribution in [0.5, 0.6) is 0 Å². The van der Waals surface area contributed by atoms with Crippen molar-refractivity contribution in [1.29, 1.82) is 0 Å². The van der Waals surface area contributed by atoms with Crippen molar-refractivity contribution < 1.29 is 24.3 Å². The van der Waals surface area contributed by atoms with Crippen LogP contribution >= 0.6 is 34.9 Å². The Bertz CT molecular complexity index is 1700. The Labute approximate surface area is 278 Å². The Morgan fingerprint density at radius 1 is 0.957 bits per heavy atom. The summed E-state index contributed by atoms with van der Waals surface area (Å²) in [6, 6.07) is 29.6. The Morgan fingerprint density at radius 3 is 2.04 bits per heavy atom. The van der Waals surface area contributed by atoms with E-state index in [0.717, 1.165) is 28.5 Å². The van der Waals surface area contributed by atoms with Gasteiger partial charge in [0.2, 0.25) is 5.91 Å². The topological polar surface area (TPSA) is 129 Å². The minimum absolute atomic E-state index is 0.0452. The fourth-order valence-electron chi connectivity index (χ4n) is 5.76. The number of carboxylic acids is 1. The fraction of sp³-hybridized carbons (Fsp3) is 0.206. The second kappa shape index (κ2) is 13.5. The van der Waals surface area contributed by atoms with Gasteiger partial charge in [-0.1, -0.05) is 103 Å². The molecule has 3 N–H and O–H groups in total. The maximum absolute atomic E-state index is 13.1. The van der Waals surface area contributed by atoms with Crippen molar-refractivity contribution in [3.63, 3.8) is 0 Å². The SMILES string of the molecule is CC(=O)SCC1=C(C(=O)O)N2C(=O)C(NC(=O)Cc3csc(NC(c4ccccc4)(c4ccccc4)c4ccccc4)n3)[C@H]2SC1. The lowest BCUT2D eigenvalue weighted by Gasteiger charge is -2.49. The zero-order chi connectivity index (χ0) is 32.3. The number of aromatic nitrogens is 1. The highest BCUT2D eigenvalue weighted by Gasteiger charge is 2.54. The number of thioether (sulfide) groups is 2. The van der Waals surface area contributed by atoms with E-state index >= 15 is 0 Å². The Balaban J connectivity index is 1.20. The summed E-state index contributed by atoms with van der Waals surface area (Å²) < 4.78 is 0. The number of anilines is 1. The van der Waals surface area contributed by atoms with E-state index in [-0.39, 0.29) is 28.9 Å². The van der Waals surface area contributed by atoms with Crippen LogP contribution in [0.3, 0.4) is 0 Å². The number of carbonyl (C=O) groups excluding carboxylic acids is 3. The lowest BCUT2D eigenvalue weighted by molar-refractivity contribution is -0.150. The predicted octanol–water partition coefficient (Wildman–Crippen LogP) is 5.11. The van der Waals surface area contributed by atoms with E-state index in [0.29, 0.717) is 22.2 Å². The molecule has 46 heavy (non-hydrogen) atoms. The molecule has 1 aromatic heterocycles. The standard InChI is InChI=1S/C34H30N4O5S3/c1-21(39)44-18-22-19-45-31-28(30(41)38(31)29(22)32(42)43)36-27(40)17-26-20-46-33(35-26)37-34(23-11-5-2-6-12-23,24-13-7-3-8-14-24)25-15-9-4-10-16-25/h2-16,20,28,31H,17-19H2,1H3,(H,35,37)(H,36,40)(H,42,43)/t28?,31-/m1/s1. The van der Waals surface area contributed by atoms with Gasteiger partial charge in [0.05, 0.1) is 12.1 Å². The molecular weight excluding hydrogens is 641 g/mol. The highest BCUT2D eigenvalue weighted by atomic mass is 32.2. The summed E-state index contributed by atoms with van der Waals surface area (Å²) in [6.07, 6.45) is -0.0452. The molecule has 0 aliphatic carbocycles. The number of β-lactam (4-membered cyclic amide) rings is 1. The number of carboxylic acid groups (broad SMARTS) is 1. The van der Waals surface area contributed by atoms with E-state index in [1.165, 1.54) is 34.9 Å². The smallest absolute Gasteiger partial charge is 0.352 e. The number of benzene rings is 3. The van der Waals surface area contributed by atoms with Crippen LogP contribution in [0.2, 0.25) is 0 Å². The molecule has 1 unspecified atom stereocenters. The van der Waals surface area contributed by atoms with Gasteiger partial charge in [-0.05, 0) is 22.3 Å². The van der Waals surface area contributed by atoms with Crippen molar-refractivity contribution in [3.05, 3.63) is 130 Å². The number of carbonyl (C=O) groups is 4. The van der Waals surface area contributed by atoms with E-state index in [9.17, 15) is 24.3 Å². The molecule has 0 spiro atoms. The Morgan fingerprint density at radius 2 is 1.52 bits per heavy atom. The summed E-state index contributed by atoms with van der Waals surface area (Å²) in [7, 11) is 0. The van der Waals surface area contributed by atoms with E-state index in [2.05, 4.69) is 47.0 Å². The summed E-state index contributed by atoms with van der Waals surface area (Å²) >= 11 is 3.78. The molecule has 6 rings (SSSR count). The molecule has 2 atom stereocenters. The minimum atomic E-state index is -1.22. The highest BCUT2D eigenvalue weighted by molar-refractivity contribution is 8.13. The fourth-order valence-corrected chi connectivity index (χ4v) is 8.62. The van der Waals surface area contributed by atoms with Gasteiger partial charge in [-0.2, -0.15) is 0 Å². The van der Waals surface area contributed by atoms with Gasteiger partial charge >= 0.3 is 5.97 Å². The lowest BCUT2D eigenvalue weighted by Crippen LogP contribution is -2.70. The van der Waals surface area contributed by atoms with Crippen LogP contribution in [0.4, 0.5) is 5.13 Å². The number of thiazole rings is 1. The summed E-state index contributed by atoms with van der Waals surface area (Å²) in [5, 5.41) is 18.1. The molecule has 4 aromatic rings. The molecule has 1 fully saturated rings. The molecule has 1 saturated heterocycles. The van der Waals surface area contributed by atoms with E-state index in [4.69, 9.17) is 4.98 Å². The molecule has 2 amide bonds. The largest absolute Gasteiger partial charge is 0.477 e. The first-order chi connectivity index (χ1) is 22.3. The maximum atomic E-state index is 13.1. The van der Waals surface area contributed by atoms with Crippen LogP contribution in [0, 0.1) is 0 Å². The number of nitrogens with zero attached hydrogens (tertiary/aromatic N) is 2. The molecule has 12 heteroatoms. The number of hydrogen-bond acceptors (Lipinski definition) is 9. The molecule has 0 radical (unpaired) electrons. The monoisotopic (exact) mass is 670 g/mol. The van der Waals surface area contributed by atoms with Crippen molar-refractivity contribution in [2.24, 2.45) is 0 Å². The van der Waals surface area contributed by atoms with Gasteiger partial charge in [-0.25, -0.2) is 9.78 Å². The maximum Gasteiger partial charge on any atom is 0.352 e. The molecule has 234 valence electrons. The van der Waals surface area contributed by atoms with Crippen LogP contribution in [0.15, 0.2) is 108 Å². The van der Waals surface area contributed by atoms with Gasteiger partial charge in [0.1, 0.15) is 22.7 Å². The molecule has 0 saturated carbocycles. The highest BCUT2D eigenvalue weighted by Crippen LogP contribution is 2.42. The van der Waals surface area contributed by atoms with Crippen LogP contribution in [-0.2, 0) is 31.1 Å². The number of rotatable bonds is 11. The third-order valence-corrected chi connectivity index (χ3v) is 10.9. The zero-order valence-corrected chi connectivity index (χ0v) is 27.2. The third-order valence-electron chi connectivity index (χ3n) is 7.82. The van der Waals surface area contributed by atoms with Gasteiger partial charge in [0.25, 0.3) is 5.91 Å². The first-order valence-corrected chi connectivity index (χ1v) is 17.4. The Hall–Kier alpha value is -4.39. The zero-order valence-electron chi connectivity index (χ0n) is 24.7. The third kappa shape index (κ3) is 6.20. The van der Waals surface area contributed by atoms with Crippen molar-refractivity contribution in [2.75, 3.05) is 16.8 Å². The van der Waals surface area contributed by atoms with Gasteiger partial charge in [-0.15, -0.1) is 23.1 Å². The summed E-state index contributed by atoms with van der Waals surface area (Å²) in [5.74, 6) is -1.52. The van der Waals surface area contributed by atoms with Crippen molar-refractivity contribution in [1.82, 2.24) is 15.2 Å². The number of nitrogens with one attached hydrogen (secondary N) is 2. The molecule has 9 nitrogen and oxygen atoms in total. The van der Waals surface area contributed by atoms with Crippen LogP contribution in [0.1, 0.15) is 29.3 Å². The van der Waals surface area contributed by atoms with Gasteiger partial charge < -0.3 is 15.7 Å². The van der Waals surface area contributed by atoms with Gasteiger partial charge in [-0.3, -0.25) is 19.3 Å². The number of hydrogen-bond donors (Lipinski definition) is 3. The van der Waals surface area contributed by atoms with E-state index in [1.54, 1.807) is 0 Å². The lowest BCUT2D eigenvalue weighted by atomic mass is 9.77. The van der Waals surface area contributed by atoms with Crippen molar-refractivity contribution >= 4 is 62.9 Å². The summed E-state index contributed by atoms with van der Waals surface area (Å²) in [6.45, 7) is 1.42. The first kappa shape index (κ1) is 31.6. The van der Waals surface area contributed by atoms with Crippen LogP contribution in [0.25, 0.3) is 0 Å². The van der Waals surface area contributed by atoms with Crippen molar-refractivity contribution in [3.8, 4) is 0 Å². The normalized spacial score (nSPS) is 17.6. The average Bonchev–Trinajstić information content (AvgIpc) is 3.51. The van der Waals surface area contributed by atoms with Crippen LogP contribution in [-0.4, -0.2) is 60.8 Å². The predicted molar refractivity (Wildman–Crippen MR) is 181 cm³/mol. The molecule has 2 aliphatic heterocycles. The number of fused-ring (bicyclic) bond motifs is 1.